The van der Waals surface area contributed by atoms with Gasteiger partial charge in [0.1, 0.15) is 11.9 Å². The molecule has 0 spiro atoms. The molecule has 2 rings (SSSR count). The summed E-state index contributed by atoms with van der Waals surface area (Å²) in [6.45, 7) is 6.02. The number of carbonyl (C=O) groups excluding carboxylic acids is 1. The maximum absolute atomic E-state index is 12.0. The normalized spacial score (nSPS) is 11.3. The topological polar surface area (TPSA) is 83.0 Å². The minimum atomic E-state index is -0.507. The fourth-order valence-corrected chi connectivity index (χ4v) is 1.71. The summed E-state index contributed by atoms with van der Waals surface area (Å²) >= 11 is 0. The van der Waals surface area contributed by atoms with Crippen molar-refractivity contribution in [1.29, 1.82) is 0 Å². The van der Waals surface area contributed by atoms with Gasteiger partial charge in [-0.2, -0.15) is 0 Å². The Balaban J connectivity index is 2.13. The Labute approximate surface area is 117 Å². The number of nitrogen functional groups attached to an aromatic ring is 1. The van der Waals surface area contributed by atoms with Gasteiger partial charge in [0.25, 0.3) is 0 Å². The molecule has 2 N–H and O–H groups in total. The fraction of sp³-hybridized carbons (Fsp3) is 0.357. The molecule has 0 bridgehead atoms. The van der Waals surface area contributed by atoms with Gasteiger partial charge in [0, 0.05) is 0 Å². The third kappa shape index (κ3) is 3.81. The number of rotatable bonds is 3. The van der Waals surface area contributed by atoms with Crippen LogP contribution in [0.2, 0.25) is 0 Å². The average Bonchev–Trinajstić information content (AvgIpc) is 2.73. The zero-order valence-electron chi connectivity index (χ0n) is 11.8. The zero-order chi connectivity index (χ0) is 14.8. The maximum Gasteiger partial charge on any atom is 0.338 e. The predicted molar refractivity (Wildman–Crippen MR) is 75.1 cm³/mol. The molecule has 0 amide bonds. The highest BCUT2D eigenvalue weighted by atomic mass is 16.6. The predicted octanol–water partition coefficient (Wildman–Crippen LogP) is 1.86. The van der Waals surface area contributed by atoms with Gasteiger partial charge in [0.15, 0.2) is 0 Å². The first-order valence-electron chi connectivity index (χ1n) is 6.31. The standard InChI is InChI=1S/C14H18N4O2/c1-14(2,3)20-12(19)11-6-4-5-10(7-11)8-18-9-16-13(15)17-18/h4-7,9H,8H2,1-3H3,(H2,15,17). The highest BCUT2D eigenvalue weighted by Gasteiger charge is 2.17. The Morgan fingerprint density at radius 3 is 2.75 bits per heavy atom. The second-order valence-corrected chi connectivity index (χ2v) is 5.50. The zero-order valence-corrected chi connectivity index (χ0v) is 11.8. The van der Waals surface area contributed by atoms with Gasteiger partial charge in [-0.1, -0.05) is 12.1 Å². The first-order valence-corrected chi connectivity index (χ1v) is 6.31. The Morgan fingerprint density at radius 2 is 2.15 bits per heavy atom. The molecular formula is C14H18N4O2. The second kappa shape index (κ2) is 5.32. The van der Waals surface area contributed by atoms with Crippen molar-refractivity contribution in [3.63, 3.8) is 0 Å². The molecule has 0 fully saturated rings. The molecule has 0 aliphatic rings. The van der Waals surface area contributed by atoms with E-state index in [4.69, 9.17) is 10.5 Å². The molecule has 6 nitrogen and oxygen atoms in total. The van der Waals surface area contributed by atoms with Crippen LogP contribution in [-0.2, 0) is 11.3 Å². The molecule has 0 unspecified atom stereocenters. The Morgan fingerprint density at radius 1 is 1.40 bits per heavy atom. The number of benzene rings is 1. The lowest BCUT2D eigenvalue weighted by molar-refractivity contribution is 0.00694. The van der Waals surface area contributed by atoms with E-state index in [2.05, 4.69) is 10.1 Å². The minimum absolute atomic E-state index is 0.230. The Hall–Kier alpha value is -2.37. The number of carbonyl (C=O) groups is 1. The average molecular weight is 274 g/mol. The van der Waals surface area contributed by atoms with Crippen molar-refractivity contribution >= 4 is 11.9 Å². The van der Waals surface area contributed by atoms with E-state index in [1.165, 1.54) is 0 Å². The summed E-state index contributed by atoms with van der Waals surface area (Å²) in [7, 11) is 0. The lowest BCUT2D eigenvalue weighted by Gasteiger charge is -2.19. The summed E-state index contributed by atoms with van der Waals surface area (Å²) in [5.41, 5.74) is 6.40. The van der Waals surface area contributed by atoms with Crippen LogP contribution < -0.4 is 5.73 Å². The molecule has 1 aromatic carbocycles. The summed E-state index contributed by atoms with van der Waals surface area (Å²) in [6.07, 6.45) is 1.55. The molecule has 0 saturated heterocycles. The molecule has 20 heavy (non-hydrogen) atoms. The minimum Gasteiger partial charge on any atom is -0.456 e. The van der Waals surface area contributed by atoms with Crippen molar-refractivity contribution in [2.45, 2.75) is 32.9 Å². The number of ether oxygens (including phenoxy) is 1. The largest absolute Gasteiger partial charge is 0.456 e. The van der Waals surface area contributed by atoms with E-state index >= 15 is 0 Å². The molecular weight excluding hydrogens is 256 g/mol. The van der Waals surface area contributed by atoms with Crippen molar-refractivity contribution < 1.29 is 9.53 Å². The van der Waals surface area contributed by atoms with Gasteiger partial charge in [0.2, 0.25) is 5.95 Å². The van der Waals surface area contributed by atoms with Crippen LogP contribution in [0.5, 0.6) is 0 Å². The highest BCUT2D eigenvalue weighted by Crippen LogP contribution is 2.14. The molecule has 2 aromatic rings. The van der Waals surface area contributed by atoms with Crippen molar-refractivity contribution in [3.05, 3.63) is 41.7 Å². The number of aromatic nitrogens is 3. The molecule has 0 aliphatic heterocycles. The van der Waals surface area contributed by atoms with Crippen molar-refractivity contribution in [1.82, 2.24) is 14.8 Å². The summed E-state index contributed by atoms with van der Waals surface area (Å²) in [6, 6.07) is 7.24. The van der Waals surface area contributed by atoms with Gasteiger partial charge >= 0.3 is 5.97 Å². The molecule has 1 aromatic heterocycles. The van der Waals surface area contributed by atoms with Crippen LogP contribution in [0.1, 0.15) is 36.7 Å². The number of hydrogen-bond acceptors (Lipinski definition) is 5. The molecule has 0 radical (unpaired) electrons. The molecule has 0 aliphatic carbocycles. The maximum atomic E-state index is 12.0. The van der Waals surface area contributed by atoms with E-state index in [1.54, 1.807) is 23.1 Å². The quantitative estimate of drug-likeness (QED) is 0.864. The third-order valence-corrected chi connectivity index (χ3v) is 2.46. The lowest BCUT2D eigenvalue weighted by Crippen LogP contribution is -2.24. The van der Waals surface area contributed by atoms with Gasteiger partial charge in [-0.3, -0.25) is 0 Å². The van der Waals surface area contributed by atoms with E-state index in [0.29, 0.717) is 12.1 Å². The second-order valence-electron chi connectivity index (χ2n) is 5.50. The van der Waals surface area contributed by atoms with Gasteiger partial charge in [-0.05, 0) is 38.5 Å². The summed E-state index contributed by atoms with van der Waals surface area (Å²) in [5, 5.41) is 4.01. The van der Waals surface area contributed by atoms with Crippen molar-refractivity contribution in [2.75, 3.05) is 5.73 Å². The van der Waals surface area contributed by atoms with Crippen LogP contribution in [0, 0.1) is 0 Å². The van der Waals surface area contributed by atoms with Crippen molar-refractivity contribution in [3.8, 4) is 0 Å². The lowest BCUT2D eigenvalue weighted by atomic mass is 10.1. The van der Waals surface area contributed by atoms with Crippen LogP contribution in [0.25, 0.3) is 0 Å². The van der Waals surface area contributed by atoms with Crippen LogP contribution in [-0.4, -0.2) is 26.3 Å². The number of esters is 1. The van der Waals surface area contributed by atoms with Crippen LogP contribution in [0.4, 0.5) is 5.95 Å². The molecule has 0 atom stereocenters. The molecule has 0 saturated carbocycles. The fourth-order valence-electron chi connectivity index (χ4n) is 1.71. The van der Waals surface area contributed by atoms with Crippen molar-refractivity contribution in [2.24, 2.45) is 0 Å². The molecule has 6 heteroatoms. The Bertz CT molecular complexity index is 614. The SMILES string of the molecule is CC(C)(C)OC(=O)c1cccc(Cn2cnc(N)n2)c1. The van der Waals surface area contributed by atoms with Gasteiger partial charge in [-0.15, -0.1) is 5.10 Å². The number of anilines is 1. The number of nitrogens with two attached hydrogens (primary N) is 1. The Kier molecular flexibility index (Phi) is 3.74. The van der Waals surface area contributed by atoms with Gasteiger partial charge in [-0.25, -0.2) is 14.5 Å². The van der Waals surface area contributed by atoms with E-state index in [1.807, 2.05) is 32.9 Å². The number of nitrogens with zero attached hydrogens (tertiary/aromatic N) is 3. The molecule has 106 valence electrons. The first kappa shape index (κ1) is 14.0. The van der Waals surface area contributed by atoms with Crippen LogP contribution in [0.3, 0.4) is 0 Å². The summed E-state index contributed by atoms with van der Waals surface area (Å²) in [5.74, 6) is -0.106. The monoisotopic (exact) mass is 274 g/mol. The summed E-state index contributed by atoms with van der Waals surface area (Å²) < 4.78 is 6.95. The smallest absolute Gasteiger partial charge is 0.338 e. The van der Waals surface area contributed by atoms with E-state index in [-0.39, 0.29) is 11.9 Å². The van der Waals surface area contributed by atoms with E-state index in [9.17, 15) is 4.79 Å². The highest BCUT2D eigenvalue weighted by molar-refractivity contribution is 5.89. The van der Waals surface area contributed by atoms with Gasteiger partial charge in [0.05, 0.1) is 12.1 Å². The van der Waals surface area contributed by atoms with Crippen LogP contribution >= 0.6 is 0 Å². The third-order valence-electron chi connectivity index (χ3n) is 2.46. The van der Waals surface area contributed by atoms with Crippen LogP contribution in [0.15, 0.2) is 30.6 Å². The van der Waals surface area contributed by atoms with Gasteiger partial charge < -0.3 is 10.5 Å². The van der Waals surface area contributed by atoms with E-state index in [0.717, 1.165) is 5.56 Å². The van der Waals surface area contributed by atoms with E-state index < -0.39 is 5.60 Å². The summed E-state index contributed by atoms with van der Waals surface area (Å²) in [4.78, 5) is 15.8. The number of hydrogen-bond donors (Lipinski definition) is 1. The molecule has 1 heterocycles. The first-order chi connectivity index (χ1) is 9.33.